The van der Waals surface area contributed by atoms with Gasteiger partial charge in [0.2, 0.25) is 0 Å². The van der Waals surface area contributed by atoms with Gasteiger partial charge in [-0.3, -0.25) is 10.1 Å². The molecule has 4 aromatic heterocycles. The predicted molar refractivity (Wildman–Crippen MR) is 141 cm³/mol. The highest BCUT2D eigenvalue weighted by Crippen LogP contribution is 2.35. The molecule has 184 valence electrons. The van der Waals surface area contributed by atoms with Crippen LogP contribution in [0.4, 0.5) is 4.39 Å². The number of rotatable bonds is 6. The average molecular weight is 513 g/mol. The molecule has 0 aliphatic carbocycles. The van der Waals surface area contributed by atoms with E-state index in [1.807, 2.05) is 30.3 Å². The molecule has 0 spiro atoms. The Morgan fingerprint density at radius 2 is 1.68 bits per heavy atom. The topological polar surface area (TPSA) is 117 Å². The van der Waals surface area contributed by atoms with E-state index in [2.05, 4.69) is 30.1 Å². The van der Waals surface area contributed by atoms with Gasteiger partial charge in [0.15, 0.2) is 0 Å². The van der Waals surface area contributed by atoms with E-state index < -0.39 is 15.7 Å². The Labute approximate surface area is 211 Å². The number of aryl methyl sites for hydroxylation is 1. The van der Waals surface area contributed by atoms with Gasteiger partial charge in [-0.1, -0.05) is 12.1 Å². The maximum Gasteiger partial charge on any atom is 0.147 e. The molecular weight excluding hydrogens is 491 g/mol. The lowest BCUT2D eigenvalue weighted by Gasteiger charge is -2.07. The Kier molecular flexibility index (Phi) is 5.53. The molecule has 0 bridgehead atoms. The predicted octanol–water partition coefficient (Wildman–Crippen LogP) is 4.96. The highest BCUT2D eigenvalue weighted by molar-refractivity contribution is 7.90. The number of H-pyrrole nitrogens is 2. The maximum absolute atomic E-state index is 14.5. The average Bonchev–Trinajstić information content (AvgIpc) is 3.51. The molecule has 0 saturated carbocycles. The van der Waals surface area contributed by atoms with E-state index in [-0.39, 0.29) is 12.2 Å². The highest BCUT2D eigenvalue weighted by Gasteiger charge is 2.16. The molecule has 0 aliphatic heterocycles. The highest BCUT2D eigenvalue weighted by atomic mass is 32.2. The van der Waals surface area contributed by atoms with Gasteiger partial charge in [0, 0.05) is 46.7 Å². The molecule has 10 heteroatoms. The largest absolute Gasteiger partial charge is 0.352 e. The standard InChI is InChI=1S/C27H21FN6O2S/c1-37(35,36)5-4-16-6-18(8-20(28)7-16)23-13-29-14-26-21(23)10-25(32-26)27-22-9-17(2-3-24(22)33-34-27)19-11-30-15-31-12-19/h2-3,6-15,32H,4-5H2,1H3,(H,33,34). The number of nitrogens with zero attached hydrogens (tertiary/aromatic N) is 4. The number of aromatic amines is 2. The van der Waals surface area contributed by atoms with Crippen molar-refractivity contribution in [3.63, 3.8) is 0 Å². The fourth-order valence-electron chi connectivity index (χ4n) is 4.51. The molecule has 0 unspecified atom stereocenters. The van der Waals surface area contributed by atoms with Crippen LogP contribution in [-0.4, -0.2) is 50.6 Å². The molecule has 6 aromatic rings. The quantitative estimate of drug-likeness (QED) is 0.326. The minimum Gasteiger partial charge on any atom is -0.352 e. The summed E-state index contributed by atoms with van der Waals surface area (Å²) >= 11 is 0. The van der Waals surface area contributed by atoms with Gasteiger partial charge in [-0.25, -0.2) is 22.8 Å². The van der Waals surface area contributed by atoms with E-state index >= 15 is 0 Å². The van der Waals surface area contributed by atoms with Crippen LogP contribution in [0.5, 0.6) is 0 Å². The lowest BCUT2D eigenvalue weighted by atomic mass is 10.00. The Hall–Kier alpha value is -4.44. The van der Waals surface area contributed by atoms with Crippen LogP contribution in [0.1, 0.15) is 5.56 Å². The van der Waals surface area contributed by atoms with Crippen molar-refractivity contribution in [2.75, 3.05) is 12.0 Å². The van der Waals surface area contributed by atoms with Crippen LogP contribution in [0, 0.1) is 5.82 Å². The van der Waals surface area contributed by atoms with Crippen molar-refractivity contribution < 1.29 is 12.8 Å². The Balaban J connectivity index is 1.44. The van der Waals surface area contributed by atoms with Crippen molar-refractivity contribution >= 4 is 31.6 Å². The smallest absolute Gasteiger partial charge is 0.147 e. The monoisotopic (exact) mass is 512 g/mol. The molecule has 0 atom stereocenters. The maximum atomic E-state index is 14.5. The molecule has 37 heavy (non-hydrogen) atoms. The van der Waals surface area contributed by atoms with Gasteiger partial charge in [0.1, 0.15) is 27.7 Å². The van der Waals surface area contributed by atoms with Gasteiger partial charge in [-0.2, -0.15) is 5.10 Å². The summed E-state index contributed by atoms with van der Waals surface area (Å²) in [5.41, 5.74) is 7.03. The van der Waals surface area contributed by atoms with Crippen molar-refractivity contribution in [2.24, 2.45) is 0 Å². The summed E-state index contributed by atoms with van der Waals surface area (Å²) in [5, 5.41) is 9.41. The van der Waals surface area contributed by atoms with Crippen LogP contribution in [0.3, 0.4) is 0 Å². The van der Waals surface area contributed by atoms with Gasteiger partial charge in [0.05, 0.1) is 28.7 Å². The van der Waals surface area contributed by atoms with E-state index in [0.717, 1.165) is 49.9 Å². The first kappa shape index (κ1) is 23.0. The second-order valence-corrected chi connectivity index (χ2v) is 11.3. The van der Waals surface area contributed by atoms with Crippen molar-refractivity contribution in [2.45, 2.75) is 6.42 Å². The van der Waals surface area contributed by atoms with E-state index in [1.54, 1.807) is 24.8 Å². The Bertz CT molecular complexity index is 1880. The summed E-state index contributed by atoms with van der Waals surface area (Å²) in [5.74, 6) is -0.472. The number of benzene rings is 2. The lowest BCUT2D eigenvalue weighted by Crippen LogP contribution is -2.06. The van der Waals surface area contributed by atoms with Gasteiger partial charge >= 0.3 is 0 Å². The number of hydrogen-bond donors (Lipinski definition) is 2. The third-order valence-electron chi connectivity index (χ3n) is 6.29. The van der Waals surface area contributed by atoms with Crippen molar-refractivity contribution in [1.82, 2.24) is 30.1 Å². The van der Waals surface area contributed by atoms with Crippen LogP contribution in [0.25, 0.3) is 55.4 Å². The normalized spacial score (nSPS) is 11.9. The Morgan fingerprint density at radius 1 is 0.838 bits per heavy atom. The first-order valence-corrected chi connectivity index (χ1v) is 13.6. The van der Waals surface area contributed by atoms with Gasteiger partial charge in [-0.15, -0.1) is 0 Å². The zero-order valence-corrected chi connectivity index (χ0v) is 20.6. The summed E-state index contributed by atoms with van der Waals surface area (Å²) in [6.45, 7) is 0. The Morgan fingerprint density at radius 3 is 2.49 bits per heavy atom. The number of halogens is 1. The molecular formula is C27H21FN6O2S. The fourth-order valence-corrected chi connectivity index (χ4v) is 5.12. The molecule has 0 amide bonds. The second kappa shape index (κ2) is 8.90. The van der Waals surface area contributed by atoms with Crippen LogP contribution in [-0.2, 0) is 16.3 Å². The summed E-state index contributed by atoms with van der Waals surface area (Å²) in [7, 11) is -3.16. The molecule has 2 aromatic carbocycles. The molecule has 0 aliphatic rings. The number of hydrogen-bond acceptors (Lipinski definition) is 6. The van der Waals surface area contributed by atoms with Crippen LogP contribution in [0.2, 0.25) is 0 Å². The summed E-state index contributed by atoms with van der Waals surface area (Å²) in [6, 6.07) is 12.6. The van der Waals surface area contributed by atoms with Crippen molar-refractivity contribution in [3.05, 3.63) is 85.0 Å². The van der Waals surface area contributed by atoms with Crippen LogP contribution in [0.15, 0.2) is 73.6 Å². The van der Waals surface area contributed by atoms with E-state index in [9.17, 15) is 12.8 Å². The van der Waals surface area contributed by atoms with Crippen LogP contribution >= 0.6 is 0 Å². The number of fused-ring (bicyclic) bond motifs is 2. The molecule has 0 radical (unpaired) electrons. The van der Waals surface area contributed by atoms with Gasteiger partial charge in [0.25, 0.3) is 0 Å². The second-order valence-electron chi connectivity index (χ2n) is 9.02. The molecule has 8 nitrogen and oxygen atoms in total. The zero-order chi connectivity index (χ0) is 25.6. The molecule has 0 fully saturated rings. The third-order valence-corrected chi connectivity index (χ3v) is 7.23. The first-order valence-electron chi connectivity index (χ1n) is 11.5. The third kappa shape index (κ3) is 4.58. The summed E-state index contributed by atoms with van der Waals surface area (Å²) in [4.78, 5) is 16.0. The molecule has 2 N–H and O–H groups in total. The fraction of sp³-hybridized carbons (Fsp3) is 0.111. The number of nitrogens with one attached hydrogen (secondary N) is 2. The zero-order valence-electron chi connectivity index (χ0n) is 19.7. The number of sulfone groups is 1. The molecule has 0 saturated heterocycles. The van der Waals surface area contributed by atoms with Crippen LogP contribution < -0.4 is 0 Å². The van der Waals surface area contributed by atoms with E-state index in [4.69, 9.17) is 0 Å². The van der Waals surface area contributed by atoms with Gasteiger partial charge < -0.3 is 4.98 Å². The minimum absolute atomic E-state index is 0.0457. The summed E-state index contributed by atoms with van der Waals surface area (Å²) < 4.78 is 37.7. The summed E-state index contributed by atoms with van der Waals surface area (Å²) in [6.07, 6.45) is 9.83. The first-order chi connectivity index (χ1) is 17.8. The van der Waals surface area contributed by atoms with E-state index in [0.29, 0.717) is 11.1 Å². The van der Waals surface area contributed by atoms with Gasteiger partial charge in [-0.05, 0) is 53.4 Å². The lowest BCUT2D eigenvalue weighted by molar-refractivity contribution is 0.600. The van der Waals surface area contributed by atoms with Crippen molar-refractivity contribution in [3.8, 4) is 33.6 Å². The van der Waals surface area contributed by atoms with E-state index in [1.165, 1.54) is 24.7 Å². The molecule has 4 heterocycles. The minimum atomic E-state index is -3.16. The number of pyridine rings is 1. The SMILES string of the molecule is CS(=O)(=O)CCc1cc(F)cc(-c2cncc3[nH]c(-c4n[nH]c5ccc(-c6cncnc6)cc45)cc23)c1. The number of aromatic nitrogens is 6. The molecule has 6 rings (SSSR count). The van der Waals surface area contributed by atoms with Crippen molar-refractivity contribution in [1.29, 1.82) is 0 Å².